The minimum Gasteiger partial charge on any atom is -0.463 e. The van der Waals surface area contributed by atoms with E-state index in [2.05, 4.69) is 47.6 Å². The molecule has 4 saturated carbocycles. The Morgan fingerprint density at radius 3 is 2.02 bits per heavy atom. The van der Waals surface area contributed by atoms with Crippen molar-refractivity contribution in [3.63, 3.8) is 0 Å². The molecule has 1 N–H and O–H groups in total. The quantitative estimate of drug-likeness (QED) is 0.173. The molecule has 13 atom stereocenters. The Bertz CT molecular complexity index is 1560. The summed E-state index contributed by atoms with van der Waals surface area (Å²) in [5, 5.41) is 13.0. The largest absolute Gasteiger partial charge is 0.463 e. The van der Waals surface area contributed by atoms with Gasteiger partial charge in [0.25, 0.3) is 0 Å². The Labute approximate surface area is 321 Å². The maximum atomic E-state index is 13.2. The van der Waals surface area contributed by atoms with Crippen molar-refractivity contribution in [3.8, 4) is 0 Å². The Hall–Kier alpha value is -2.79. The first-order chi connectivity index (χ1) is 25.1. The van der Waals surface area contributed by atoms with E-state index < -0.39 is 65.9 Å². The first-order valence-corrected chi connectivity index (χ1v) is 20.3. The highest BCUT2D eigenvalue weighted by Gasteiger charge is 2.67. The van der Waals surface area contributed by atoms with E-state index in [0.717, 1.165) is 51.4 Å². The molecule has 0 bridgehead atoms. The zero-order chi connectivity index (χ0) is 39.8. The van der Waals surface area contributed by atoms with Gasteiger partial charge < -0.3 is 28.8 Å². The van der Waals surface area contributed by atoms with E-state index in [1.54, 1.807) is 0 Å². The molecule has 0 aromatic carbocycles. The number of hydrogen-bond donors (Lipinski definition) is 1. The molecule has 0 aromatic rings. The number of carbonyl (C=O) groups excluding carboxylic acids is 5. The SMILES string of the molecule is CC(=O)OCC1O[C@@H](C(O)[C@@]23CCC4C(=CCC5[C@@]4(C)CCC4C(C)(C)C(=O)CC[C@@]45C)C2CC(C)(C)CC3)C(OC(C)=O)C(OC(C)=O)[C@H]1OC(C)=O. The number of ether oxygens (including phenoxy) is 5. The summed E-state index contributed by atoms with van der Waals surface area (Å²) < 4.78 is 29.2. The molecule has 5 aliphatic carbocycles. The number of esters is 4. The number of fused-ring (bicyclic) bond motifs is 7. The summed E-state index contributed by atoms with van der Waals surface area (Å²) in [7, 11) is 0. The predicted octanol–water partition coefficient (Wildman–Crippen LogP) is 6.45. The van der Waals surface area contributed by atoms with Crippen LogP contribution in [0, 0.1) is 50.7 Å². The van der Waals surface area contributed by atoms with Crippen molar-refractivity contribution in [1.82, 2.24) is 0 Å². The van der Waals surface area contributed by atoms with Gasteiger partial charge in [-0.2, -0.15) is 0 Å². The second-order valence-corrected chi connectivity index (χ2v) is 19.6. The van der Waals surface area contributed by atoms with Gasteiger partial charge in [0.15, 0.2) is 18.3 Å². The van der Waals surface area contributed by atoms with Gasteiger partial charge in [-0.1, -0.05) is 53.2 Å². The van der Waals surface area contributed by atoms with E-state index in [4.69, 9.17) is 23.7 Å². The van der Waals surface area contributed by atoms with E-state index in [9.17, 15) is 29.1 Å². The lowest BCUT2D eigenvalue weighted by Gasteiger charge is -2.68. The maximum absolute atomic E-state index is 13.2. The molecule has 11 heteroatoms. The highest BCUT2D eigenvalue weighted by Crippen LogP contribution is 2.72. The Morgan fingerprint density at radius 2 is 1.39 bits per heavy atom. The molecule has 6 aliphatic rings. The number of hydrogen-bond acceptors (Lipinski definition) is 11. The third kappa shape index (κ3) is 6.85. The predicted molar refractivity (Wildman–Crippen MR) is 197 cm³/mol. The molecule has 1 saturated heterocycles. The summed E-state index contributed by atoms with van der Waals surface area (Å²) in [6.45, 7) is 18.4. The van der Waals surface area contributed by atoms with Crippen molar-refractivity contribution in [2.45, 2.75) is 170 Å². The van der Waals surface area contributed by atoms with Crippen LogP contribution in [0.5, 0.6) is 0 Å². The van der Waals surface area contributed by atoms with E-state index in [1.165, 1.54) is 33.3 Å². The zero-order valence-corrected chi connectivity index (χ0v) is 34.2. The molecule has 1 aliphatic heterocycles. The fourth-order valence-corrected chi connectivity index (χ4v) is 13.1. The van der Waals surface area contributed by atoms with Crippen LogP contribution in [0.1, 0.15) is 133 Å². The van der Waals surface area contributed by atoms with Crippen molar-refractivity contribution in [2.24, 2.45) is 50.7 Å². The topological polar surface area (TPSA) is 152 Å². The van der Waals surface area contributed by atoms with Crippen molar-refractivity contribution < 1.29 is 52.8 Å². The molecule has 54 heavy (non-hydrogen) atoms. The molecule has 0 spiro atoms. The molecule has 302 valence electrons. The van der Waals surface area contributed by atoms with Crippen LogP contribution >= 0.6 is 0 Å². The number of Topliss-reactive ketones (excluding diaryl/α,β-unsaturated/α-hetero) is 1. The first-order valence-electron chi connectivity index (χ1n) is 20.3. The molecular formula is C43H64O11. The van der Waals surface area contributed by atoms with Gasteiger partial charge in [0, 0.05) is 44.9 Å². The van der Waals surface area contributed by atoms with Gasteiger partial charge in [-0.05, 0) is 97.7 Å². The smallest absolute Gasteiger partial charge is 0.303 e. The number of allylic oxidation sites excluding steroid dienone is 2. The van der Waals surface area contributed by atoms with Gasteiger partial charge in [0.1, 0.15) is 24.6 Å². The number of ketones is 1. The highest BCUT2D eigenvalue weighted by molar-refractivity contribution is 5.85. The third-order valence-corrected chi connectivity index (χ3v) is 15.6. The second kappa shape index (κ2) is 14.3. The molecule has 0 amide bonds. The maximum Gasteiger partial charge on any atom is 0.303 e. The van der Waals surface area contributed by atoms with Gasteiger partial charge in [-0.25, -0.2) is 0 Å². The number of carbonyl (C=O) groups is 5. The Balaban J connectivity index is 1.41. The summed E-state index contributed by atoms with van der Waals surface area (Å²) >= 11 is 0. The van der Waals surface area contributed by atoms with Crippen molar-refractivity contribution in [1.29, 1.82) is 0 Å². The van der Waals surface area contributed by atoms with Crippen molar-refractivity contribution >= 4 is 29.7 Å². The lowest BCUT2D eigenvalue weighted by molar-refractivity contribution is -0.281. The van der Waals surface area contributed by atoms with Crippen LogP contribution in [0.25, 0.3) is 0 Å². The molecule has 11 nitrogen and oxygen atoms in total. The van der Waals surface area contributed by atoms with Gasteiger partial charge in [-0.3, -0.25) is 24.0 Å². The van der Waals surface area contributed by atoms with Crippen molar-refractivity contribution in [3.05, 3.63) is 11.6 Å². The number of rotatable bonds is 7. The second-order valence-electron chi connectivity index (χ2n) is 19.6. The van der Waals surface area contributed by atoms with Gasteiger partial charge in [-0.15, -0.1) is 0 Å². The number of aliphatic hydroxyl groups is 1. The van der Waals surface area contributed by atoms with E-state index in [1.807, 2.05) is 0 Å². The Kier molecular flexibility index (Phi) is 10.8. The highest BCUT2D eigenvalue weighted by atomic mass is 16.7. The van der Waals surface area contributed by atoms with Crippen LogP contribution in [-0.2, 0) is 47.7 Å². The average molecular weight is 757 g/mol. The summed E-state index contributed by atoms with van der Waals surface area (Å²) in [6.07, 6.45) is 3.72. The fourth-order valence-electron chi connectivity index (χ4n) is 13.1. The molecule has 8 unspecified atom stereocenters. The minimum absolute atomic E-state index is 0.00698. The minimum atomic E-state index is -1.33. The molecule has 0 aromatic heterocycles. The number of aliphatic hydroxyl groups excluding tert-OH is 1. The van der Waals surface area contributed by atoms with Gasteiger partial charge >= 0.3 is 23.9 Å². The lowest BCUT2D eigenvalue weighted by atomic mass is 9.37. The summed E-state index contributed by atoms with van der Waals surface area (Å²) in [5.74, 6) is -1.14. The van der Waals surface area contributed by atoms with Crippen LogP contribution in [0.4, 0.5) is 0 Å². The van der Waals surface area contributed by atoms with E-state index in [-0.39, 0.29) is 34.2 Å². The third-order valence-electron chi connectivity index (χ3n) is 15.6. The standard InChI is InChI=1S/C43H64O11/c1-23(44)50-22-30-34(51-24(2)45)35(52-25(3)46)36(53-26(4)47)37(54-30)38(49)43-18-13-28-27(29(43)21-39(5,6)19-20-43)11-12-32-41(28,9)16-14-31-40(7,8)33(48)15-17-42(31,32)10/h11,28-32,34-38,49H,12-22H2,1-10H3/t28?,29?,30?,31?,32?,34-,35?,36?,37+,38?,41-,42-,43+/m0/s1. The Morgan fingerprint density at radius 1 is 0.759 bits per heavy atom. The summed E-state index contributed by atoms with van der Waals surface area (Å²) in [4.78, 5) is 62.8. The first kappa shape index (κ1) is 40.9. The zero-order valence-electron chi connectivity index (χ0n) is 34.2. The molecule has 6 rings (SSSR count). The van der Waals surface area contributed by atoms with Gasteiger partial charge in [0.2, 0.25) is 0 Å². The summed E-state index contributed by atoms with van der Waals surface area (Å²) in [6, 6.07) is 0. The normalized spacial score (nSPS) is 42.7. The molecule has 5 fully saturated rings. The molecule has 0 radical (unpaired) electrons. The van der Waals surface area contributed by atoms with Gasteiger partial charge in [0.05, 0.1) is 6.10 Å². The molecule has 1 heterocycles. The van der Waals surface area contributed by atoms with Crippen LogP contribution < -0.4 is 0 Å². The average Bonchev–Trinajstić information content (AvgIpc) is 3.06. The monoisotopic (exact) mass is 756 g/mol. The fraction of sp³-hybridized carbons (Fsp3) is 0.837. The summed E-state index contributed by atoms with van der Waals surface area (Å²) in [5.41, 5.74) is 0.519. The molecular weight excluding hydrogens is 692 g/mol. The van der Waals surface area contributed by atoms with E-state index in [0.29, 0.717) is 36.4 Å². The van der Waals surface area contributed by atoms with Crippen LogP contribution in [0.3, 0.4) is 0 Å². The van der Waals surface area contributed by atoms with E-state index >= 15 is 0 Å². The lowest BCUT2D eigenvalue weighted by Crippen LogP contribution is -2.68. The van der Waals surface area contributed by atoms with Crippen LogP contribution in [0.15, 0.2) is 11.6 Å². The van der Waals surface area contributed by atoms with Crippen LogP contribution in [0.2, 0.25) is 0 Å². The van der Waals surface area contributed by atoms with Crippen molar-refractivity contribution in [2.75, 3.05) is 6.61 Å². The van der Waals surface area contributed by atoms with Crippen LogP contribution in [-0.4, -0.2) is 78.0 Å².